The number of aryl methyl sites for hydroxylation is 1. The summed E-state index contributed by atoms with van der Waals surface area (Å²) < 4.78 is 33.0. The van der Waals surface area contributed by atoms with Crippen LogP contribution in [-0.4, -0.2) is 6.61 Å². The number of ether oxygens (including phenoxy) is 1. The summed E-state index contributed by atoms with van der Waals surface area (Å²) in [6, 6.07) is 15.2. The van der Waals surface area contributed by atoms with Crippen LogP contribution in [0.25, 0.3) is 0 Å². The molecule has 0 spiro atoms. The molecule has 0 fully saturated rings. The van der Waals surface area contributed by atoms with Crippen LogP contribution in [0.1, 0.15) is 11.1 Å². The molecule has 0 heterocycles. The van der Waals surface area contributed by atoms with E-state index in [0.717, 1.165) is 11.6 Å². The molecule has 0 saturated carbocycles. The van der Waals surface area contributed by atoms with Crippen molar-refractivity contribution in [1.29, 1.82) is 0 Å². The first-order valence-corrected chi connectivity index (χ1v) is 6.38. The molecule has 3 heteroatoms. The van der Waals surface area contributed by atoms with Crippen molar-refractivity contribution in [3.8, 4) is 5.75 Å². The Labute approximate surface area is 117 Å². The second-order valence-electron chi connectivity index (χ2n) is 4.52. The van der Waals surface area contributed by atoms with Gasteiger partial charge in [0.05, 0.1) is 0 Å². The van der Waals surface area contributed by atoms with E-state index in [1.165, 1.54) is 18.2 Å². The molecule has 20 heavy (non-hydrogen) atoms. The van der Waals surface area contributed by atoms with E-state index in [4.69, 9.17) is 4.74 Å². The van der Waals surface area contributed by atoms with Crippen LogP contribution in [0.15, 0.2) is 66.7 Å². The van der Waals surface area contributed by atoms with Gasteiger partial charge in [0.2, 0.25) is 0 Å². The third-order valence-corrected chi connectivity index (χ3v) is 2.85. The third-order valence-electron chi connectivity index (χ3n) is 2.85. The highest BCUT2D eigenvalue weighted by atomic mass is 19.3. The molecular formula is C17H16F2O. The molecule has 1 nitrogen and oxygen atoms in total. The predicted octanol–water partition coefficient (Wildman–Crippen LogP) is 4.72. The van der Waals surface area contributed by atoms with Gasteiger partial charge in [-0.1, -0.05) is 48.0 Å². The van der Waals surface area contributed by atoms with Gasteiger partial charge < -0.3 is 4.74 Å². The summed E-state index contributed by atoms with van der Waals surface area (Å²) in [5.74, 6) is -2.30. The fourth-order valence-electron chi connectivity index (χ4n) is 1.73. The molecule has 0 unspecified atom stereocenters. The van der Waals surface area contributed by atoms with E-state index >= 15 is 0 Å². The highest BCUT2D eigenvalue weighted by Gasteiger charge is 2.26. The van der Waals surface area contributed by atoms with Crippen molar-refractivity contribution in [3.63, 3.8) is 0 Å². The van der Waals surface area contributed by atoms with Crippen LogP contribution < -0.4 is 4.74 Å². The first kappa shape index (κ1) is 14.3. The van der Waals surface area contributed by atoms with E-state index in [9.17, 15) is 8.78 Å². The van der Waals surface area contributed by atoms with Crippen molar-refractivity contribution in [2.75, 3.05) is 6.61 Å². The van der Waals surface area contributed by atoms with Gasteiger partial charge in [0, 0.05) is 5.56 Å². The summed E-state index contributed by atoms with van der Waals surface area (Å²) in [5, 5.41) is 0. The molecule has 0 radical (unpaired) electrons. The van der Waals surface area contributed by atoms with Crippen LogP contribution in [0.4, 0.5) is 8.78 Å². The normalized spacial score (nSPS) is 11.8. The van der Waals surface area contributed by atoms with Crippen LogP contribution in [-0.2, 0) is 5.92 Å². The molecule has 0 amide bonds. The molecule has 0 aliphatic heterocycles. The standard InChI is InChI=1S/C17H16F2O/c1-14-8-10-16(11-9-14)20-13-5-12-17(18,19)15-6-3-2-4-7-15/h2-12H,13H2,1H3/b12-5+. The van der Waals surface area contributed by atoms with Crippen LogP contribution in [0.3, 0.4) is 0 Å². The molecule has 0 atom stereocenters. The first-order chi connectivity index (χ1) is 9.58. The molecule has 0 aliphatic carbocycles. The zero-order valence-corrected chi connectivity index (χ0v) is 11.2. The number of hydrogen-bond donors (Lipinski definition) is 0. The number of rotatable bonds is 5. The fraction of sp³-hybridized carbons (Fsp3) is 0.176. The number of benzene rings is 2. The van der Waals surface area contributed by atoms with Gasteiger partial charge in [-0.15, -0.1) is 0 Å². The fourth-order valence-corrected chi connectivity index (χ4v) is 1.73. The first-order valence-electron chi connectivity index (χ1n) is 6.38. The average molecular weight is 274 g/mol. The van der Waals surface area contributed by atoms with E-state index in [-0.39, 0.29) is 12.2 Å². The summed E-state index contributed by atoms with van der Waals surface area (Å²) in [7, 11) is 0. The van der Waals surface area contributed by atoms with Crippen molar-refractivity contribution in [2.24, 2.45) is 0 Å². The van der Waals surface area contributed by atoms with Crippen molar-refractivity contribution < 1.29 is 13.5 Å². The Hall–Kier alpha value is -2.16. The van der Waals surface area contributed by atoms with Gasteiger partial charge in [-0.3, -0.25) is 0 Å². The maximum absolute atomic E-state index is 13.8. The van der Waals surface area contributed by atoms with Gasteiger partial charge >= 0.3 is 0 Å². The maximum atomic E-state index is 13.8. The SMILES string of the molecule is Cc1ccc(OC/C=C/C(F)(F)c2ccccc2)cc1. The van der Waals surface area contributed by atoms with E-state index in [1.807, 2.05) is 31.2 Å². The van der Waals surface area contributed by atoms with Crippen LogP contribution >= 0.6 is 0 Å². The van der Waals surface area contributed by atoms with Gasteiger partial charge in [-0.25, -0.2) is 0 Å². The van der Waals surface area contributed by atoms with Crippen molar-refractivity contribution >= 4 is 0 Å². The summed E-state index contributed by atoms with van der Waals surface area (Å²) in [6.07, 6.45) is 2.21. The van der Waals surface area contributed by atoms with Crippen LogP contribution in [0, 0.1) is 6.92 Å². The minimum Gasteiger partial charge on any atom is -0.490 e. The Balaban J connectivity index is 1.91. The minimum absolute atomic E-state index is 0.0217. The average Bonchev–Trinajstić information content (AvgIpc) is 2.46. The Morgan fingerprint density at radius 1 is 1.00 bits per heavy atom. The molecule has 0 saturated heterocycles. The summed E-state index contributed by atoms with van der Waals surface area (Å²) in [5.41, 5.74) is 1.11. The minimum atomic E-state index is -2.97. The Kier molecular flexibility index (Phi) is 4.51. The molecule has 0 bridgehead atoms. The largest absolute Gasteiger partial charge is 0.490 e. The summed E-state index contributed by atoms with van der Waals surface area (Å²) in [6.45, 7) is 2.09. The van der Waals surface area contributed by atoms with Crippen molar-refractivity contribution in [3.05, 3.63) is 77.9 Å². The monoisotopic (exact) mass is 274 g/mol. The molecule has 0 aromatic heterocycles. The van der Waals surface area contributed by atoms with Gasteiger partial charge in [-0.05, 0) is 31.2 Å². The lowest BCUT2D eigenvalue weighted by Gasteiger charge is -2.11. The third kappa shape index (κ3) is 3.92. The Bertz CT molecular complexity index is 559. The van der Waals surface area contributed by atoms with E-state index in [1.54, 1.807) is 18.2 Å². The highest BCUT2D eigenvalue weighted by molar-refractivity contribution is 5.27. The van der Waals surface area contributed by atoms with E-state index in [0.29, 0.717) is 5.75 Å². The molecule has 104 valence electrons. The second-order valence-corrected chi connectivity index (χ2v) is 4.52. The van der Waals surface area contributed by atoms with Gasteiger partial charge in [0.1, 0.15) is 12.4 Å². The molecule has 2 aromatic rings. The number of hydrogen-bond acceptors (Lipinski definition) is 1. The van der Waals surface area contributed by atoms with E-state index in [2.05, 4.69) is 0 Å². The van der Waals surface area contributed by atoms with Crippen LogP contribution in [0.5, 0.6) is 5.75 Å². The van der Waals surface area contributed by atoms with Gasteiger partial charge in [0.15, 0.2) is 0 Å². The van der Waals surface area contributed by atoms with Crippen molar-refractivity contribution in [1.82, 2.24) is 0 Å². The number of halogens is 2. The topological polar surface area (TPSA) is 9.23 Å². The van der Waals surface area contributed by atoms with Gasteiger partial charge in [0.25, 0.3) is 5.92 Å². The number of allylic oxidation sites excluding steroid dienone is 1. The molecule has 2 aromatic carbocycles. The van der Waals surface area contributed by atoms with Crippen LogP contribution in [0.2, 0.25) is 0 Å². The van der Waals surface area contributed by atoms with E-state index < -0.39 is 5.92 Å². The molecular weight excluding hydrogens is 258 g/mol. The lowest BCUT2D eigenvalue weighted by molar-refractivity contribution is 0.0515. The Morgan fingerprint density at radius 3 is 2.30 bits per heavy atom. The lowest BCUT2D eigenvalue weighted by atomic mass is 10.1. The highest BCUT2D eigenvalue weighted by Crippen LogP contribution is 2.28. The zero-order chi connectivity index (χ0) is 14.4. The number of alkyl halides is 2. The Morgan fingerprint density at radius 2 is 1.65 bits per heavy atom. The van der Waals surface area contributed by atoms with Crippen molar-refractivity contribution in [2.45, 2.75) is 12.8 Å². The summed E-state index contributed by atoms with van der Waals surface area (Å²) in [4.78, 5) is 0. The molecule has 2 rings (SSSR count). The quantitative estimate of drug-likeness (QED) is 0.717. The lowest BCUT2D eigenvalue weighted by Crippen LogP contribution is -2.09. The second kappa shape index (κ2) is 6.33. The smallest absolute Gasteiger partial charge is 0.291 e. The summed E-state index contributed by atoms with van der Waals surface area (Å²) >= 11 is 0. The molecule has 0 N–H and O–H groups in total. The predicted molar refractivity (Wildman–Crippen MR) is 76.2 cm³/mol. The molecule has 0 aliphatic rings. The zero-order valence-electron chi connectivity index (χ0n) is 11.2. The van der Waals surface area contributed by atoms with Gasteiger partial charge in [-0.2, -0.15) is 8.78 Å². The maximum Gasteiger partial charge on any atom is 0.291 e.